The maximum atomic E-state index is 12.8. The van der Waals surface area contributed by atoms with Crippen LogP contribution in [0.25, 0.3) is 10.8 Å². The third-order valence-corrected chi connectivity index (χ3v) is 4.76. The first-order valence-electron chi connectivity index (χ1n) is 9.51. The van der Waals surface area contributed by atoms with Gasteiger partial charge >= 0.3 is 0 Å². The first kappa shape index (κ1) is 19.5. The van der Waals surface area contributed by atoms with Crippen LogP contribution in [-0.4, -0.2) is 21.9 Å². The number of nitrogens with zero attached hydrogens (tertiary/aromatic N) is 3. The highest BCUT2D eigenvalue weighted by Gasteiger charge is 2.16. The molecule has 0 aliphatic heterocycles. The highest BCUT2D eigenvalue weighted by atomic mass is 16.2. The van der Waals surface area contributed by atoms with Crippen LogP contribution in [0.3, 0.4) is 0 Å². The molecule has 28 heavy (non-hydrogen) atoms. The molecular weight excluding hydrogens is 352 g/mol. The summed E-state index contributed by atoms with van der Waals surface area (Å²) in [6.07, 6.45) is 3.66. The predicted molar refractivity (Wildman–Crippen MR) is 112 cm³/mol. The van der Waals surface area contributed by atoms with E-state index in [2.05, 4.69) is 29.5 Å². The van der Waals surface area contributed by atoms with Crippen LogP contribution in [0.5, 0.6) is 0 Å². The third kappa shape index (κ3) is 4.34. The van der Waals surface area contributed by atoms with Gasteiger partial charge in [-0.3, -0.25) is 9.59 Å². The van der Waals surface area contributed by atoms with Crippen molar-refractivity contribution in [1.29, 1.82) is 0 Å². The van der Waals surface area contributed by atoms with Crippen molar-refractivity contribution in [3.8, 4) is 0 Å². The molecule has 1 amide bonds. The van der Waals surface area contributed by atoms with Gasteiger partial charge in [0.15, 0.2) is 5.69 Å². The van der Waals surface area contributed by atoms with Crippen molar-refractivity contribution in [1.82, 2.24) is 15.2 Å². The highest BCUT2D eigenvalue weighted by molar-refractivity contribution is 6.04. The van der Waals surface area contributed by atoms with E-state index >= 15 is 0 Å². The molecule has 144 valence electrons. The van der Waals surface area contributed by atoms with E-state index < -0.39 is 5.91 Å². The zero-order chi connectivity index (χ0) is 19.9. The van der Waals surface area contributed by atoms with E-state index in [0.717, 1.165) is 18.4 Å². The molecule has 1 N–H and O–H groups in total. The molecule has 3 rings (SSSR count). The van der Waals surface area contributed by atoms with Crippen molar-refractivity contribution in [3.05, 3.63) is 76.2 Å². The Morgan fingerprint density at radius 3 is 2.39 bits per heavy atom. The number of hydrogen-bond donors (Lipinski definition) is 1. The average molecular weight is 376 g/mol. The van der Waals surface area contributed by atoms with Gasteiger partial charge in [0.2, 0.25) is 0 Å². The van der Waals surface area contributed by atoms with Crippen molar-refractivity contribution in [2.75, 3.05) is 0 Å². The fraction of sp³-hybridized carbons (Fsp3) is 0.273. The Hall–Kier alpha value is -3.28. The first-order chi connectivity index (χ1) is 13.6. The molecule has 0 spiro atoms. The summed E-state index contributed by atoms with van der Waals surface area (Å²) in [6.45, 7) is 4.45. The molecule has 0 aliphatic carbocycles. The quantitative estimate of drug-likeness (QED) is 0.506. The van der Waals surface area contributed by atoms with Gasteiger partial charge in [-0.05, 0) is 30.4 Å². The predicted octanol–water partition coefficient (Wildman–Crippen LogP) is 3.60. The Labute approximate surface area is 163 Å². The van der Waals surface area contributed by atoms with Crippen molar-refractivity contribution >= 4 is 22.9 Å². The number of carbonyl (C=O) groups excluding carboxylic acids is 1. The maximum absolute atomic E-state index is 12.8. The summed E-state index contributed by atoms with van der Waals surface area (Å²) < 4.78 is 1.33. The minimum Gasteiger partial charge on any atom is -0.267 e. The number of hydrogen-bond acceptors (Lipinski definition) is 4. The number of hydrazone groups is 1. The van der Waals surface area contributed by atoms with E-state index in [0.29, 0.717) is 23.2 Å². The lowest BCUT2D eigenvalue weighted by molar-refractivity contribution is 0.0949. The summed E-state index contributed by atoms with van der Waals surface area (Å²) >= 11 is 0. The van der Waals surface area contributed by atoms with Crippen molar-refractivity contribution in [3.63, 3.8) is 0 Å². The Bertz CT molecular complexity index is 1040. The number of fused-ring (bicyclic) bond motifs is 1. The molecule has 1 heterocycles. The van der Waals surface area contributed by atoms with Gasteiger partial charge in [-0.1, -0.05) is 62.4 Å². The lowest BCUT2D eigenvalue weighted by atomic mass is 10.1. The van der Waals surface area contributed by atoms with Crippen LogP contribution >= 0.6 is 0 Å². The topological polar surface area (TPSA) is 76.3 Å². The zero-order valence-corrected chi connectivity index (χ0v) is 16.1. The Kier molecular flexibility index (Phi) is 6.32. The van der Waals surface area contributed by atoms with E-state index in [4.69, 9.17) is 0 Å². The molecule has 6 nitrogen and oxygen atoms in total. The molecule has 0 fully saturated rings. The van der Waals surface area contributed by atoms with Crippen molar-refractivity contribution < 1.29 is 4.79 Å². The molecule has 0 atom stereocenters. The minimum absolute atomic E-state index is 0.188. The fourth-order valence-electron chi connectivity index (χ4n) is 3.02. The lowest BCUT2D eigenvalue weighted by Crippen LogP contribution is -2.29. The van der Waals surface area contributed by atoms with Crippen LogP contribution in [0.15, 0.2) is 64.5 Å². The molecule has 3 aromatic rings. The molecule has 1 aromatic heterocycles. The maximum Gasteiger partial charge on any atom is 0.292 e. The SMILES string of the molecule is CCC(/C=N/NC(=O)c1nn(Cc2ccccc2)c(=O)c2ccccc12)CC. The summed E-state index contributed by atoms with van der Waals surface area (Å²) in [4.78, 5) is 25.6. The van der Waals surface area contributed by atoms with Gasteiger partial charge < -0.3 is 0 Å². The largest absolute Gasteiger partial charge is 0.292 e. The van der Waals surface area contributed by atoms with Gasteiger partial charge in [0.1, 0.15) is 0 Å². The van der Waals surface area contributed by atoms with Gasteiger partial charge in [0.05, 0.1) is 11.9 Å². The summed E-state index contributed by atoms with van der Waals surface area (Å²) in [5.74, 6) is -0.114. The summed E-state index contributed by atoms with van der Waals surface area (Å²) in [5.41, 5.74) is 3.45. The fourth-order valence-corrected chi connectivity index (χ4v) is 3.02. The summed E-state index contributed by atoms with van der Waals surface area (Å²) in [5, 5.41) is 9.41. The Morgan fingerprint density at radius 1 is 1.07 bits per heavy atom. The van der Waals surface area contributed by atoms with Crippen LogP contribution in [0, 0.1) is 5.92 Å². The highest BCUT2D eigenvalue weighted by Crippen LogP contribution is 2.14. The molecular formula is C22H24N4O2. The standard InChI is InChI=1S/C22H24N4O2/c1-3-16(4-2)14-23-24-21(27)20-18-12-8-9-13-19(18)22(28)26(25-20)15-17-10-6-5-7-11-17/h5-14,16H,3-4,15H2,1-2H3,(H,24,27)/b23-14+. The second kappa shape index (κ2) is 9.08. The second-order valence-electron chi connectivity index (χ2n) is 6.64. The molecule has 2 aromatic carbocycles. The zero-order valence-electron chi connectivity index (χ0n) is 16.1. The molecule has 0 saturated carbocycles. The van der Waals surface area contributed by atoms with E-state index in [1.807, 2.05) is 30.3 Å². The third-order valence-electron chi connectivity index (χ3n) is 4.76. The molecule has 0 saturated heterocycles. The second-order valence-corrected chi connectivity index (χ2v) is 6.64. The van der Waals surface area contributed by atoms with Crippen LogP contribution in [0.2, 0.25) is 0 Å². The number of benzene rings is 2. The van der Waals surface area contributed by atoms with Crippen molar-refractivity contribution in [2.45, 2.75) is 33.2 Å². The van der Waals surface area contributed by atoms with E-state index in [-0.39, 0.29) is 11.3 Å². The van der Waals surface area contributed by atoms with Crippen LogP contribution in [0.4, 0.5) is 0 Å². The minimum atomic E-state index is -0.430. The van der Waals surface area contributed by atoms with E-state index in [1.165, 1.54) is 4.68 Å². The molecule has 0 radical (unpaired) electrons. The van der Waals surface area contributed by atoms with E-state index in [1.54, 1.807) is 30.5 Å². The number of amides is 1. The van der Waals surface area contributed by atoms with E-state index in [9.17, 15) is 9.59 Å². The van der Waals surface area contributed by atoms with Gasteiger partial charge in [0.25, 0.3) is 11.5 Å². The van der Waals surface area contributed by atoms with Gasteiger partial charge in [-0.2, -0.15) is 10.2 Å². The molecule has 0 aliphatic rings. The number of nitrogens with one attached hydrogen (secondary N) is 1. The average Bonchev–Trinajstić information content (AvgIpc) is 2.74. The molecule has 0 bridgehead atoms. The first-order valence-corrected chi connectivity index (χ1v) is 9.51. The smallest absolute Gasteiger partial charge is 0.267 e. The summed E-state index contributed by atoms with van der Waals surface area (Å²) in [7, 11) is 0. The van der Waals surface area contributed by atoms with Crippen molar-refractivity contribution in [2.24, 2.45) is 11.0 Å². The normalized spacial score (nSPS) is 11.4. The number of aromatic nitrogens is 2. The van der Waals surface area contributed by atoms with Gasteiger partial charge in [0, 0.05) is 11.6 Å². The van der Waals surface area contributed by atoms with Gasteiger partial charge in [-0.15, -0.1) is 0 Å². The molecule has 6 heteroatoms. The Morgan fingerprint density at radius 2 is 1.71 bits per heavy atom. The monoisotopic (exact) mass is 376 g/mol. The van der Waals surface area contributed by atoms with Crippen LogP contribution in [0.1, 0.15) is 42.7 Å². The molecule has 0 unspecified atom stereocenters. The van der Waals surface area contributed by atoms with Crippen LogP contribution < -0.4 is 11.0 Å². The number of rotatable bonds is 7. The number of carbonyl (C=O) groups is 1. The Balaban J connectivity index is 1.98. The summed E-state index contributed by atoms with van der Waals surface area (Å²) in [6, 6.07) is 16.6. The lowest BCUT2D eigenvalue weighted by Gasteiger charge is -2.10. The van der Waals surface area contributed by atoms with Gasteiger partial charge in [-0.25, -0.2) is 10.1 Å². The van der Waals surface area contributed by atoms with Crippen LogP contribution in [-0.2, 0) is 6.54 Å².